The predicted octanol–water partition coefficient (Wildman–Crippen LogP) is 2.88. The zero-order valence-corrected chi connectivity index (χ0v) is 16.4. The summed E-state index contributed by atoms with van der Waals surface area (Å²) in [6.45, 7) is 4.34. The van der Waals surface area contributed by atoms with Crippen LogP contribution in [0.25, 0.3) is 10.9 Å². The Bertz CT molecular complexity index is 1100. The minimum Gasteiger partial charge on any atom is -0.378 e. The van der Waals surface area contributed by atoms with E-state index >= 15 is 0 Å². The molecular formula is C23H23N3O3. The van der Waals surface area contributed by atoms with Gasteiger partial charge in [0.2, 0.25) is 5.91 Å². The molecule has 1 N–H and O–H groups in total. The molecule has 1 aromatic heterocycles. The van der Waals surface area contributed by atoms with Crippen molar-refractivity contribution < 1.29 is 14.3 Å². The predicted molar refractivity (Wildman–Crippen MR) is 110 cm³/mol. The van der Waals surface area contributed by atoms with E-state index in [9.17, 15) is 9.59 Å². The summed E-state index contributed by atoms with van der Waals surface area (Å²) in [6.07, 6.45) is 0. The first-order chi connectivity index (χ1) is 14.1. The highest BCUT2D eigenvalue weighted by molar-refractivity contribution is 6.02. The van der Waals surface area contributed by atoms with Gasteiger partial charge in [-0.3, -0.25) is 9.59 Å². The number of nitrogens with one attached hydrogen (secondary N) is 1. The number of aromatic amines is 1. The van der Waals surface area contributed by atoms with Gasteiger partial charge >= 0.3 is 0 Å². The van der Waals surface area contributed by atoms with Gasteiger partial charge in [-0.1, -0.05) is 36.4 Å². The first-order valence-electron chi connectivity index (χ1n) is 9.98. The number of fused-ring (bicyclic) bond motifs is 2. The van der Waals surface area contributed by atoms with Crippen molar-refractivity contribution in [2.75, 3.05) is 32.8 Å². The first-order valence-corrected chi connectivity index (χ1v) is 9.98. The first kappa shape index (κ1) is 17.9. The molecule has 148 valence electrons. The zero-order chi connectivity index (χ0) is 20.0. The standard InChI is InChI=1S/C23H23N3O3/c1-15-21(18-8-4-5-9-19(18)24-15)22-16-6-2-3-7-17(16)23(28)26(22)14-20(27)25-10-12-29-13-11-25/h2-9,22,24H,10-14H2,1H3. The number of benzene rings is 2. The maximum absolute atomic E-state index is 13.3. The summed E-state index contributed by atoms with van der Waals surface area (Å²) < 4.78 is 5.36. The summed E-state index contributed by atoms with van der Waals surface area (Å²) in [6, 6.07) is 15.5. The third-order valence-electron chi connectivity index (χ3n) is 5.94. The summed E-state index contributed by atoms with van der Waals surface area (Å²) in [5, 5.41) is 1.09. The Hall–Kier alpha value is -3.12. The van der Waals surface area contributed by atoms with Crippen molar-refractivity contribution in [2.45, 2.75) is 13.0 Å². The van der Waals surface area contributed by atoms with Gasteiger partial charge in [0.05, 0.1) is 19.3 Å². The number of aryl methyl sites for hydroxylation is 1. The highest BCUT2D eigenvalue weighted by atomic mass is 16.5. The second-order valence-corrected chi connectivity index (χ2v) is 7.63. The number of morpholine rings is 1. The molecule has 0 spiro atoms. The molecule has 1 saturated heterocycles. The molecule has 0 saturated carbocycles. The van der Waals surface area contributed by atoms with Crippen LogP contribution in [0, 0.1) is 6.92 Å². The number of carbonyl (C=O) groups is 2. The number of hydrogen-bond donors (Lipinski definition) is 1. The molecule has 0 radical (unpaired) electrons. The smallest absolute Gasteiger partial charge is 0.255 e. The highest BCUT2D eigenvalue weighted by Gasteiger charge is 2.40. The van der Waals surface area contributed by atoms with Crippen molar-refractivity contribution in [3.8, 4) is 0 Å². The molecule has 1 unspecified atom stereocenters. The van der Waals surface area contributed by atoms with Gasteiger partial charge in [0.1, 0.15) is 6.54 Å². The monoisotopic (exact) mass is 389 g/mol. The van der Waals surface area contributed by atoms with E-state index in [0.717, 1.165) is 27.7 Å². The second kappa shape index (κ2) is 7.04. The number of amides is 2. The van der Waals surface area contributed by atoms with Gasteiger partial charge in [-0.2, -0.15) is 0 Å². The van der Waals surface area contributed by atoms with Gasteiger partial charge in [-0.15, -0.1) is 0 Å². The van der Waals surface area contributed by atoms with Crippen molar-refractivity contribution in [1.82, 2.24) is 14.8 Å². The lowest BCUT2D eigenvalue weighted by Crippen LogP contribution is -2.46. The summed E-state index contributed by atoms with van der Waals surface area (Å²) >= 11 is 0. The Balaban J connectivity index is 1.59. The highest BCUT2D eigenvalue weighted by Crippen LogP contribution is 2.42. The van der Waals surface area contributed by atoms with E-state index in [4.69, 9.17) is 4.74 Å². The molecule has 2 aliphatic rings. The summed E-state index contributed by atoms with van der Waals surface area (Å²) in [5.41, 5.74) is 4.76. The van der Waals surface area contributed by atoms with E-state index in [2.05, 4.69) is 11.1 Å². The van der Waals surface area contributed by atoms with Crippen molar-refractivity contribution in [1.29, 1.82) is 0 Å². The number of hydrogen-bond acceptors (Lipinski definition) is 3. The Labute approximate surface area is 169 Å². The lowest BCUT2D eigenvalue weighted by atomic mass is 9.95. The Morgan fingerprint density at radius 1 is 1.10 bits per heavy atom. The average Bonchev–Trinajstić information content (AvgIpc) is 3.22. The van der Waals surface area contributed by atoms with Crippen LogP contribution in [0.15, 0.2) is 48.5 Å². The topological polar surface area (TPSA) is 65.6 Å². The molecule has 6 heteroatoms. The lowest BCUT2D eigenvalue weighted by molar-refractivity contribution is -0.136. The molecule has 29 heavy (non-hydrogen) atoms. The molecule has 1 fully saturated rings. The minimum atomic E-state index is -0.278. The molecule has 1 atom stereocenters. The van der Waals surface area contributed by atoms with Crippen LogP contribution in [0.3, 0.4) is 0 Å². The number of rotatable bonds is 3. The maximum atomic E-state index is 13.3. The van der Waals surface area contributed by atoms with Crippen molar-refractivity contribution in [3.63, 3.8) is 0 Å². The number of ether oxygens (including phenoxy) is 1. The van der Waals surface area contributed by atoms with Crippen LogP contribution < -0.4 is 0 Å². The molecule has 2 aliphatic heterocycles. The van der Waals surface area contributed by atoms with Crippen LogP contribution in [-0.4, -0.2) is 59.4 Å². The summed E-state index contributed by atoms with van der Waals surface area (Å²) in [5.74, 6) is -0.117. The molecule has 2 amide bonds. The summed E-state index contributed by atoms with van der Waals surface area (Å²) in [4.78, 5) is 33.2. The molecule has 2 aromatic carbocycles. The van der Waals surface area contributed by atoms with Crippen LogP contribution in [0.2, 0.25) is 0 Å². The van der Waals surface area contributed by atoms with Gasteiger partial charge in [0.25, 0.3) is 5.91 Å². The van der Waals surface area contributed by atoms with E-state index in [1.54, 1.807) is 9.80 Å². The fraction of sp³-hybridized carbons (Fsp3) is 0.304. The van der Waals surface area contributed by atoms with Crippen LogP contribution in [0.1, 0.15) is 33.2 Å². The van der Waals surface area contributed by atoms with E-state index < -0.39 is 0 Å². The molecule has 5 rings (SSSR count). The van der Waals surface area contributed by atoms with Gasteiger partial charge in [0, 0.05) is 40.8 Å². The quantitative estimate of drug-likeness (QED) is 0.749. The number of aromatic nitrogens is 1. The third-order valence-corrected chi connectivity index (χ3v) is 5.94. The number of nitrogens with zero attached hydrogens (tertiary/aromatic N) is 2. The van der Waals surface area contributed by atoms with E-state index in [-0.39, 0.29) is 24.4 Å². The van der Waals surface area contributed by atoms with Crippen LogP contribution in [0.4, 0.5) is 0 Å². The van der Waals surface area contributed by atoms with E-state index in [0.29, 0.717) is 31.9 Å². The second-order valence-electron chi connectivity index (χ2n) is 7.63. The lowest BCUT2D eigenvalue weighted by Gasteiger charge is -2.31. The van der Waals surface area contributed by atoms with Gasteiger partial charge in [-0.25, -0.2) is 0 Å². The number of H-pyrrole nitrogens is 1. The summed E-state index contributed by atoms with van der Waals surface area (Å²) in [7, 11) is 0. The average molecular weight is 389 g/mol. The molecule has 6 nitrogen and oxygen atoms in total. The minimum absolute atomic E-state index is 0.0306. The molecular weight excluding hydrogens is 366 g/mol. The molecule has 3 heterocycles. The Morgan fingerprint density at radius 2 is 1.83 bits per heavy atom. The normalized spacial score (nSPS) is 19.1. The molecule has 3 aromatic rings. The van der Waals surface area contributed by atoms with E-state index in [1.165, 1.54) is 0 Å². The van der Waals surface area contributed by atoms with Gasteiger partial charge < -0.3 is 19.5 Å². The van der Waals surface area contributed by atoms with Crippen molar-refractivity contribution in [2.24, 2.45) is 0 Å². The van der Waals surface area contributed by atoms with Crippen molar-refractivity contribution in [3.05, 3.63) is 70.9 Å². The van der Waals surface area contributed by atoms with Crippen LogP contribution >= 0.6 is 0 Å². The number of carbonyl (C=O) groups excluding carboxylic acids is 2. The SMILES string of the molecule is Cc1[nH]c2ccccc2c1C1c2ccccc2C(=O)N1CC(=O)N1CCOCC1. The third kappa shape index (κ3) is 2.91. The van der Waals surface area contributed by atoms with Gasteiger partial charge in [0.15, 0.2) is 0 Å². The van der Waals surface area contributed by atoms with Crippen LogP contribution in [-0.2, 0) is 9.53 Å². The van der Waals surface area contributed by atoms with Crippen molar-refractivity contribution >= 4 is 22.7 Å². The van der Waals surface area contributed by atoms with Gasteiger partial charge in [-0.05, 0) is 24.6 Å². The van der Waals surface area contributed by atoms with Crippen LogP contribution in [0.5, 0.6) is 0 Å². The fourth-order valence-corrected chi connectivity index (χ4v) is 4.55. The largest absolute Gasteiger partial charge is 0.378 e. The van der Waals surface area contributed by atoms with E-state index in [1.807, 2.05) is 49.4 Å². The number of para-hydroxylation sites is 1. The zero-order valence-electron chi connectivity index (χ0n) is 16.4. The Morgan fingerprint density at radius 3 is 2.66 bits per heavy atom. The molecule has 0 aliphatic carbocycles. The molecule has 0 bridgehead atoms. The Kier molecular flexibility index (Phi) is 4.36. The maximum Gasteiger partial charge on any atom is 0.255 e. The fourth-order valence-electron chi connectivity index (χ4n) is 4.55.